The number of hydrogen-bond donors (Lipinski definition) is 0. The van der Waals surface area contributed by atoms with E-state index >= 15 is 0 Å². The van der Waals surface area contributed by atoms with Crippen molar-refractivity contribution in [2.45, 2.75) is 62.4 Å². The van der Waals surface area contributed by atoms with Crippen LogP contribution in [0.15, 0.2) is 54.6 Å². The van der Waals surface area contributed by atoms with Crippen molar-refractivity contribution in [2.75, 3.05) is 20.3 Å². The maximum absolute atomic E-state index is 13.8. The molecule has 0 radical (unpaired) electrons. The van der Waals surface area contributed by atoms with Gasteiger partial charge in [0.2, 0.25) is 17.7 Å². The van der Waals surface area contributed by atoms with E-state index in [9.17, 15) is 14.4 Å². The van der Waals surface area contributed by atoms with Gasteiger partial charge in [-0.05, 0) is 48.8 Å². The van der Waals surface area contributed by atoms with Crippen LogP contribution in [0, 0.1) is 0 Å². The van der Waals surface area contributed by atoms with Crippen molar-refractivity contribution in [3.05, 3.63) is 60.2 Å². The highest BCUT2D eigenvalue weighted by molar-refractivity contribution is 6.11. The molecule has 3 fully saturated rings. The summed E-state index contributed by atoms with van der Waals surface area (Å²) in [5, 5.41) is 0. The molecule has 3 amide bonds. The molecule has 1 aliphatic carbocycles. The fraction of sp³-hybridized carbons (Fsp3) is 0.464. The topological polar surface area (TPSA) is 66.9 Å². The number of imide groups is 1. The second-order valence-electron chi connectivity index (χ2n) is 9.87. The average molecular weight is 461 g/mol. The number of benzene rings is 2. The minimum absolute atomic E-state index is 0.00297. The number of amides is 3. The molecule has 1 saturated carbocycles. The SMILES string of the molecule is COC[C@H]1CCCCN1C(=O)C[C@]1(c2ccc(-c3ccccc3)cc2)CC(=O)N(C2CC2)C1=O. The lowest BCUT2D eigenvalue weighted by Gasteiger charge is -2.37. The molecule has 0 unspecified atom stereocenters. The van der Waals surface area contributed by atoms with Crippen molar-refractivity contribution in [1.82, 2.24) is 9.80 Å². The largest absolute Gasteiger partial charge is 0.383 e. The van der Waals surface area contributed by atoms with Gasteiger partial charge in [-0.2, -0.15) is 0 Å². The number of likely N-dealkylation sites (tertiary alicyclic amines) is 2. The van der Waals surface area contributed by atoms with E-state index in [0.717, 1.165) is 48.8 Å². The molecule has 0 bridgehead atoms. The van der Waals surface area contributed by atoms with Crippen LogP contribution in [0.1, 0.15) is 50.5 Å². The van der Waals surface area contributed by atoms with Crippen molar-refractivity contribution in [1.29, 1.82) is 0 Å². The summed E-state index contributed by atoms with van der Waals surface area (Å²) in [7, 11) is 1.65. The van der Waals surface area contributed by atoms with Crippen LogP contribution in [-0.2, 0) is 24.5 Å². The minimum Gasteiger partial charge on any atom is -0.383 e. The average Bonchev–Trinajstić information content (AvgIpc) is 3.66. The number of nitrogens with zero attached hydrogens (tertiary/aromatic N) is 2. The third kappa shape index (κ3) is 4.16. The summed E-state index contributed by atoms with van der Waals surface area (Å²) < 4.78 is 5.37. The molecule has 2 saturated heterocycles. The van der Waals surface area contributed by atoms with Crippen LogP contribution in [-0.4, -0.2) is 59.9 Å². The van der Waals surface area contributed by atoms with E-state index in [1.165, 1.54) is 4.90 Å². The van der Waals surface area contributed by atoms with Crippen molar-refractivity contribution >= 4 is 17.7 Å². The summed E-state index contributed by atoms with van der Waals surface area (Å²) in [4.78, 5) is 43.8. The first-order valence-corrected chi connectivity index (χ1v) is 12.3. The molecule has 34 heavy (non-hydrogen) atoms. The molecular weight excluding hydrogens is 428 g/mol. The summed E-state index contributed by atoms with van der Waals surface area (Å²) in [6.45, 7) is 1.16. The number of ether oxygens (including phenoxy) is 1. The summed E-state index contributed by atoms with van der Waals surface area (Å²) in [6, 6.07) is 17.9. The van der Waals surface area contributed by atoms with Crippen molar-refractivity contribution < 1.29 is 19.1 Å². The van der Waals surface area contributed by atoms with Crippen LogP contribution >= 0.6 is 0 Å². The van der Waals surface area contributed by atoms with Crippen molar-refractivity contribution in [2.24, 2.45) is 0 Å². The third-order valence-electron chi connectivity index (χ3n) is 7.57. The predicted octanol–water partition coefficient (Wildman–Crippen LogP) is 3.93. The van der Waals surface area contributed by atoms with Crippen molar-refractivity contribution in [3.63, 3.8) is 0 Å². The van der Waals surface area contributed by atoms with Gasteiger partial charge in [-0.15, -0.1) is 0 Å². The number of carbonyl (C=O) groups excluding carboxylic acids is 3. The molecule has 6 nitrogen and oxygen atoms in total. The Morgan fingerprint density at radius 2 is 1.68 bits per heavy atom. The molecule has 2 aromatic carbocycles. The molecular formula is C28H32N2O4. The highest BCUT2D eigenvalue weighted by atomic mass is 16.5. The van der Waals surface area contributed by atoms with E-state index in [2.05, 4.69) is 0 Å². The Morgan fingerprint density at radius 3 is 2.35 bits per heavy atom. The number of carbonyl (C=O) groups is 3. The second kappa shape index (κ2) is 9.34. The van der Waals surface area contributed by atoms with E-state index in [1.807, 2.05) is 59.5 Å². The maximum Gasteiger partial charge on any atom is 0.241 e. The Morgan fingerprint density at radius 1 is 0.971 bits per heavy atom. The van der Waals surface area contributed by atoms with Crippen LogP contribution in [0.2, 0.25) is 0 Å². The Labute approximate surface area is 200 Å². The van der Waals surface area contributed by atoms with Gasteiger partial charge in [0.15, 0.2) is 0 Å². The van der Waals surface area contributed by atoms with Gasteiger partial charge in [-0.1, -0.05) is 54.6 Å². The Kier molecular flexibility index (Phi) is 6.26. The van der Waals surface area contributed by atoms with Crippen LogP contribution in [0.3, 0.4) is 0 Å². The monoisotopic (exact) mass is 460 g/mol. The van der Waals surface area contributed by atoms with Crippen LogP contribution in [0.4, 0.5) is 0 Å². The zero-order chi connectivity index (χ0) is 23.7. The van der Waals surface area contributed by atoms with E-state index in [-0.39, 0.29) is 42.6 Å². The fourth-order valence-corrected chi connectivity index (χ4v) is 5.60. The molecule has 3 aliphatic rings. The van der Waals surface area contributed by atoms with Gasteiger partial charge in [0.1, 0.15) is 0 Å². The molecule has 178 valence electrons. The summed E-state index contributed by atoms with van der Waals surface area (Å²) in [6.07, 6.45) is 4.71. The van der Waals surface area contributed by atoms with Gasteiger partial charge in [-0.25, -0.2) is 0 Å². The maximum atomic E-state index is 13.8. The molecule has 6 heteroatoms. The van der Waals surface area contributed by atoms with Crippen LogP contribution in [0.5, 0.6) is 0 Å². The number of hydrogen-bond acceptors (Lipinski definition) is 4. The van der Waals surface area contributed by atoms with E-state index in [4.69, 9.17) is 4.74 Å². The lowest BCUT2D eigenvalue weighted by molar-refractivity contribution is -0.144. The highest BCUT2D eigenvalue weighted by Gasteiger charge is 2.57. The van der Waals surface area contributed by atoms with E-state index in [0.29, 0.717) is 13.2 Å². The summed E-state index contributed by atoms with van der Waals surface area (Å²) in [5.41, 5.74) is 1.74. The normalized spacial score (nSPS) is 25.1. The first-order chi connectivity index (χ1) is 16.5. The first kappa shape index (κ1) is 22.8. The molecule has 0 N–H and O–H groups in total. The molecule has 2 aromatic rings. The predicted molar refractivity (Wildman–Crippen MR) is 129 cm³/mol. The van der Waals surface area contributed by atoms with Gasteiger partial charge in [0, 0.05) is 32.5 Å². The Hall–Kier alpha value is -2.99. The Balaban J connectivity index is 1.48. The lowest BCUT2D eigenvalue weighted by atomic mass is 9.75. The zero-order valence-electron chi connectivity index (χ0n) is 19.7. The third-order valence-corrected chi connectivity index (χ3v) is 7.57. The summed E-state index contributed by atoms with van der Waals surface area (Å²) >= 11 is 0. The van der Waals surface area contributed by atoms with Gasteiger partial charge in [-0.3, -0.25) is 19.3 Å². The standard InChI is InChI=1S/C28H32N2O4/c1-34-19-24-9-5-6-16-29(24)25(31)17-28(18-26(32)30(27(28)33)23-14-15-23)22-12-10-21(11-13-22)20-7-3-2-4-8-20/h2-4,7-8,10-13,23-24H,5-6,9,14-19H2,1H3/t24-,28-/m1/s1. The van der Waals surface area contributed by atoms with E-state index < -0.39 is 5.41 Å². The molecule has 2 atom stereocenters. The van der Waals surface area contributed by atoms with Gasteiger partial charge < -0.3 is 9.64 Å². The van der Waals surface area contributed by atoms with Gasteiger partial charge in [0.05, 0.1) is 18.1 Å². The first-order valence-electron chi connectivity index (χ1n) is 12.3. The quantitative estimate of drug-likeness (QED) is 0.587. The Bertz CT molecular complexity index is 1060. The minimum atomic E-state index is -1.14. The number of methoxy groups -OCH3 is 1. The van der Waals surface area contributed by atoms with Gasteiger partial charge >= 0.3 is 0 Å². The molecule has 2 heterocycles. The molecule has 0 spiro atoms. The molecule has 2 aliphatic heterocycles. The summed E-state index contributed by atoms with van der Waals surface area (Å²) in [5.74, 6) is -0.423. The molecule has 0 aromatic heterocycles. The fourth-order valence-electron chi connectivity index (χ4n) is 5.60. The van der Waals surface area contributed by atoms with E-state index in [1.54, 1.807) is 7.11 Å². The number of piperidine rings is 1. The number of rotatable bonds is 7. The van der Waals surface area contributed by atoms with Gasteiger partial charge in [0.25, 0.3) is 0 Å². The van der Waals surface area contributed by atoms with Crippen molar-refractivity contribution in [3.8, 4) is 11.1 Å². The lowest BCUT2D eigenvalue weighted by Crippen LogP contribution is -2.49. The second-order valence-corrected chi connectivity index (χ2v) is 9.87. The smallest absolute Gasteiger partial charge is 0.241 e. The van der Waals surface area contributed by atoms with Crippen LogP contribution < -0.4 is 0 Å². The zero-order valence-corrected chi connectivity index (χ0v) is 19.7. The highest BCUT2D eigenvalue weighted by Crippen LogP contribution is 2.45. The van der Waals surface area contributed by atoms with Crippen LogP contribution in [0.25, 0.3) is 11.1 Å². The molecule has 5 rings (SSSR count).